The molecule has 144 valence electrons. The van der Waals surface area contributed by atoms with Crippen LogP contribution in [0.15, 0.2) is 6.07 Å². The monoisotopic (exact) mass is 370 g/mol. The van der Waals surface area contributed by atoms with E-state index in [-0.39, 0.29) is 29.5 Å². The highest BCUT2D eigenvalue weighted by Gasteiger charge is 2.34. The molecule has 2 fully saturated rings. The van der Waals surface area contributed by atoms with E-state index in [1.54, 1.807) is 0 Å². The molecule has 3 rings (SSSR count). The minimum atomic E-state index is -4.49. The first-order chi connectivity index (χ1) is 12.3. The molecule has 1 saturated carbocycles. The van der Waals surface area contributed by atoms with E-state index in [0.29, 0.717) is 25.9 Å². The molecule has 1 aromatic heterocycles. The summed E-state index contributed by atoms with van der Waals surface area (Å²) in [6, 6.07) is 1.28. The number of hydrogen-bond acceptors (Lipinski definition) is 4. The molecule has 8 heteroatoms. The van der Waals surface area contributed by atoms with Crippen LogP contribution in [0.2, 0.25) is 0 Å². The fraction of sp³-hybridized carbons (Fsp3) is 0.722. The van der Waals surface area contributed by atoms with Gasteiger partial charge in [0.15, 0.2) is 0 Å². The molecular weight excluding hydrogens is 345 g/mol. The van der Waals surface area contributed by atoms with Crippen LogP contribution in [0.5, 0.6) is 0 Å². The van der Waals surface area contributed by atoms with Gasteiger partial charge in [-0.25, -0.2) is 9.97 Å². The molecule has 1 amide bonds. The fourth-order valence-electron chi connectivity index (χ4n) is 3.80. The number of hydrogen-bond donors (Lipinski definition) is 1. The molecule has 0 atom stereocenters. The number of amides is 1. The van der Waals surface area contributed by atoms with E-state index in [9.17, 15) is 18.0 Å². The fourth-order valence-corrected chi connectivity index (χ4v) is 3.80. The highest BCUT2D eigenvalue weighted by molar-refractivity contribution is 5.79. The summed E-state index contributed by atoms with van der Waals surface area (Å²) in [5.74, 6) is 0.410. The molecule has 2 heterocycles. The molecule has 0 bridgehead atoms. The molecule has 1 N–H and O–H groups in total. The number of carbonyl (C=O) groups excluding carboxylic acids is 1. The Morgan fingerprint density at radius 2 is 1.77 bits per heavy atom. The van der Waals surface area contributed by atoms with Crippen LogP contribution in [0.25, 0.3) is 0 Å². The number of aromatic nitrogens is 2. The molecule has 0 aromatic carbocycles. The minimum absolute atomic E-state index is 0.0711. The van der Waals surface area contributed by atoms with Crippen LogP contribution < -0.4 is 10.2 Å². The highest BCUT2D eigenvalue weighted by atomic mass is 19.4. The molecule has 0 radical (unpaired) electrons. The lowest BCUT2D eigenvalue weighted by atomic mass is 9.92. The van der Waals surface area contributed by atoms with Gasteiger partial charge in [-0.15, -0.1) is 0 Å². The summed E-state index contributed by atoms with van der Waals surface area (Å²) in [7, 11) is 0. The molecule has 26 heavy (non-hydrogen) atoms. The first kappa shape index (κ1) is 18.9. The number of anilines is 1. The molecule has 1 aromatic rings. The Kier molecular flexibility index (Phi) is 5.67. The minimum Gasteiger partial charge on any atom is -0.356 e. The van der Waals surface area contributed by atoms with Gasteiger partial charge in [-0.05, 0) is 32.6 Å². The molecular formula is C18H25F3N4O. The van der Waals surface area contributed by atoms with Gasteiger partial charge in [-0.1, -0.05) is 19.3 Å². The van der Waals surface area contributed by atoms with E-state index in [0.717, 1.165) is 31.7 Å². The SMILES string of the molecule is Cc1nc(N2CCC(C(=O)NC3CCCCC3)CC2)cc(C(F)(F)F)n1. The maximum atomic E-state index is 12.9. The van der Waals surface area contributed by atoms with E-state index in [2.05, 4.69) is 15.3 Å². The number of halogens is 3. The van der Waals surface area contributed by atoms with Gasteiger partial charge in [0, 0.05) is 31.1 Å². The van der Waals surface area contributed by atoms with Crippen LogP contribution in [0.4, 0.5) is 19.0 Å². The van der Waals surface area contributed by atoms with E-state index in [1.807, 2.05) is 4.90 Å². The summed E-state index contributed by atoms with van der Waals surface area (Å²) in [4.78, 5) is 21.9. The Morgan fingerprint density at radius 3 is 2.38 bits per heavy atom. The average molecular weight is 370 g/mol. The number of rotatable bonds is 3. The standard InChI is InChI=1S/C18H25F3N4O/c1-12-22-15(18(19,20)21)11-16(23-12)25-9-7-13(8-10-25)17(26)24-14-5-3-2-4-6-14/h11,13-14H,2-10H2,1H3,(H,24,26). The van der Waals surface area contributed by atoms with E-state index in [4.69, 9.17) is 0 Å². The quantitative estimate of drug-likeness (QED) is 0.885. The van der Waals surface area contributed by atoms with Gasteiger partial charge in [0.2, 0.25) is 5.91 Å². The smallest absolute Gasteiger partial charge is 0.356 e. The van der Waals surface area contributed by atoms with Crippen molar-refractivity contribution >= 4 is 11.7 Å². The molecule has 0 spiro atoms. The van der Waals surface area contributed by atoms with Crippen LogP contribution in [0.1, 0.15) is 56.5 Å². The van der Waals surface area contributed by atoms with Crippen molar-refractivity contribution in [3.8, 4) is 0 Å². The lowest BCUT2D eigenvalue weighted by Crippen LogP contribution is -2.44. The highest BCUT2D eigenvalue weighted by Crippen LogP contribution is 2.31. The van der Waals surface area contributed by atoms with Crippen LogP contribution in [-0.4, -0.2) is 35.0 Å². The van der Waals surface area contributed by atoms with Gasteiger partial charge >= 0.3 is 6.18 Å². The second kappa shape index (κ2) is 7.80. The molecule has 1 aliphatic heterocycles. The summed E-state index contributed by atoms with van der Waals surface area (Å²) < 4.78 is 38.8. The van der Waals surface area contributed by atoms with Crippen molar-refractivity contribution < 1.29 is 18.0 Å². The summed E-state index contributed by atoms with van der Waals surface area (Å²) in [5.41, 5.74) is -0.919. The predicted octanol–water partition coefficient (Wildman–Crippen LogP) is 3.47. The molecule has 5 nitrogen and oxygen atoms in total. The van der Waals surface area contributed by atoms with Crippen LogP contribution in [-0.2, 0) is 11.0 Å². The first-order valence-electron chi connectivity index (χ1n) is 9.31. The summed E-state index contributed by atoms with van der Waals surface area (Å²) in [6.45, 7) is 2.51. The summed E-state index contributed by atoms with van der Waals surface area (Å²) in [6.07, 6.45) is 2.43. The van der Waals surface area contributed by atoms with Gasteiger partial charge in [0.25, 0.3) is 0 Å². The van der Waals surface area contributed by atoms with Crippen molar-refractivity contribution in [1.82, 2.24) is 15.3 Å². The topological polar surface area (TPSA) is 58.1 Å². The maximum absolute atomic E-state index is 12.9. The van der Waals surface area contributed by atoms with Crippen molar-refractivity contribution in [1.29, 1.82) is 0 Å². The van der Waals surface area contributed by atoms with Crippen molar-refractivity contribution in [2.75, 3.05) is 18.0 Å². The lowest BCUT2D eigenvalue weighted by molar-refractivity contribution is -0.141. The Hall–Kier alpha value is -1.86. The molecule has 1 aliphatic carbocycles. The van der Waals surface area contributed by atoms with Gasteiger partial charge in [0.05, 0.1) is 0 Å². The average Bonchev–Trinajstić information content (AvgIpc) is 2.61. The maximum Gasteiger partial charge on any atom is 0.433 e. The summed E-state index contributed by atoms with van der Waals surface area (Å²) in [5, 5.41) is 3.15. The van der Waals surface area contributed by atoms with Crippen molar-refractivity contribution in [2.24, 2.45) is 5.92 Å². The van der Waals surface area contributed by atoms with Gasteiger partial charge < -0.3 is 10.2 Å². The second-order valence-electron chi connectivity index (χ2n) is 7.26. The number of nitrogens with zero attached hydrogens (tertiary/aromatic N) is 3. The zero-order valence-corrected chi connectivity index (χ0v) is 15.0. The normalized spacial score (nSPS) is 20.2. The van der Waals surface area contributed by atoms with Crippen LogP contribution in [0, 0.1) is 12.8 Å². The Morgan fingerprint density at radius 1 is 1.12 bits per heavy atom. The third-order valence-corrected chi connectivity index (χ3v) is 5.26. The number of aryl methyl sites for hydroxylation is 1. The lowest BCUT2D eigenvalue weighted by Gasteiger charge is -2.33. The number of alkyl halides is 3. The van der Waals surface area contributed by atoms with Crippen LogP contribution >= 0.6 is 0 Å². The largest absolute Gasteiger partial charge is 0.433 e. The first-order valence-corrected chi connectivity index (χ1v) is 9.31. The van der Waals surface area contributed by atoms with Crippen molar-refractivity contribution in [3.05, 3.63) is 17.6 Å². The van der Waals surface area contributed by atoms with Crippen LogP contribution in [0.3, 0.4) is 0 Å². The van der Waals surface area contributed by atoms with E-state index >= 15 is 0 Å². The van der Waals surface area contributed by atoms with Gasteiger partial charge in [-0.3, -0.25) is 4.79 Å². The third kappa shape index (κ3) is 4.65. The second-order valence-corrected chi connectivity index (χ2v) is 7.26. The Labute approximate surface area is 151 Å². The zero-order valence-electron chi connectivity index (χ0n) is 15.0. The van der Waals surface area contributed by atoms with Crippen molar-refractivity contribution in [3.63, 3.8) is 0 Å². The predicted molar refractivity (Wildman–Crippen MR) is 91.7 cm³/mol. The van der Waals surface area contributed by atoms with Crippen molar-refractivity contribution in [2.45, 2.75) is 64.1 Å². The molecule has 1 saturated heterocycles. The third-order valence-electron chi connectivity index (χ3n) is 5.26. The van der Waals surface area contributed by atoms with E-state index in [1.165, 1.54) is 13.3 Å². The Bertz CT molecular complexity index is 636. The zero-order chi connectivity index (χ0) is 18.7. The number of carbonyl (C=O) groups is 1. The number of piperidine rings is 1. The number of nitrogens with one attached hydrogen (secondary N) is 1. The van der Waals surface area contributed by atoms with Gasteiger partial charge in [-0.2, -0.15) is 13.2 Å². The molecule has 0 unspecified atom stereocenters. The summed E-state index contributed by atoms with van der Waals surface area (Å²) >= 11 is 0. The van der Waals surface area contributed by atoms with Gasteiger partial charge in [0.1, 0.15) is 17.3 Å². The Balaban J connectivity index is 1.58. The van der Waals surface area contributed by atoms with E-state index < -0.39 is 11.9 Å². The molecule has 2 aliphatic rings.